The molecule has 4 nitrogen and oxygen atoms in total. The summed E-state index contributed by atoms with van der Waals surface area (Å²) in [7, 11) is 1.66. The highest BCUT2D eigenvalue weighted by molar-refractivity contribution is 5.37. The van der Waals surface area contributed by atoms with E-state index >= 15 is 0 Å². The maximum Gasteiger partial charge on any atom is 0.123 e. The summed E-state index contributed by atoms with van der Waals surface area (Å²) in [4.78, 5) is 0. The molecule has 0 saturated heterocycles. The average molecular weight is 339 g/mol. The first kappa shape index (κ1) is 17.2. The molecule has 5 heteroatoms. The van der Waals surface area contributed by atoms with Crippen molar-refractivity contribution in [1.82, 2.24) is 15.1 Å². The topological polar surface area (TPSA) is 39.1 Å². The van der Waals surface area contributed by atoms with Crippen LogP contribution in [-0.2, 0) is 13.1 Å². The predicted octanol–water partition coefficient (Wildman–Crippen LogP) is 3.93. The minimum Gasteiger partial charge on any atom is -0.497 e. The molecule has 3 rings (SSSR count). The number of methoxy groups -OCH3 is 1. The van der Waals surface area contributed by atoms with E-state index in [1.54, 1.807) is 19.2 Å². The van der Waals surface area contributed by atoms with Gasteiger partial charge in [-0.2, -0.15) is 5.10 Å². The van der Waals surface area contributed by atoms with Gasteiger partial charge < -0.3 is 10.1 Å². The van der Waals surface area contributed by atoms with Gasteiger partial charge in [0.05, 0.1) is 18.5 Å². The SMILES string of the molecule is COc1ccc(CNCc2c(C)nn(-c3ccc(F)cc3)c2C)cc1. The molecule has 0 aliphatic rings. The molecule has 0 bridgehead atoms. The molecule has 1 N–H and O–H groups in total. The van der Waals surface area contributed by atoms with Crippen LogP contribution in [0.1, 0.15) is 22.5 Å². The van der Waals surface area contributed by atoms with E-state index in [2.05, 4.69) is 10.4 Å². The molecule has 1 heterocycles. The zero-order chi connectivity index (χ0) is 17.8. The van der Waals surface area contributed by atoms with Crippen LogP contribution in [0.2, 0.25) is 0 Å². The van der Waals surface area contributed by atoms with E-state index in [4.69, 9.17) is 4.74 Å². The van der Waals surface area contributed by atoms with Crippen molar-refractivity contribution < 1.29 is 9.13 Å². The molecule has 0 aliphatic carbocycles. The van der Waals surface area contributed by atoms with E-state index < -0.39 is 0 Å². The lowest BCUT2D eigenvalue weighted by atomic mass is 10.1. The second kappa shape index (κ2) is 7.49. The molecule has 0 radical (unpaired) electrons. The predicted molar refractivity (Wildman–Crippen MR) is 96.5 cm³/mol. The van der Waals surface area contributed by atoms with Gasteiger partial charge in [0.25, 0.3) is 0 Å². The Labute approximate surface area is 147 Å². The fourth-order valence-electron chi connectivity index (χ4n) is 2.84. The lowest BCUT2D eigenvalue weighted by Crippen LogP contribution is -2.14. The van der Waals surface area contributed by atoms with Crippen molar-refractivity contribution in [2.24, 2.45) is 0 Å². The molecule has 0 aliphatic heterocycles. The molecular formula is C20H22FN3O. The van der Waals surface area contributed by atoms with Gasteiger partial charge in [-0.3, -0.25) is 0 Å². The Kier molecular flexibility index (Phi) is 5.14. The second-order valence-electron chi connectivity index (χ2n) is 5.99. The second-order valence-corrected chi connectivity index (χ2v) is 5.99. The minimum atomic E-state index is -0.244. The van der Waals surface area contributed by atoms with Crippen molar-refractivity contribution in [3.05, 3.63) is 76.9 Å². The Hall–Kier alpha value is -2.66. The third kappa shape index (κ3) is 3.88. The Morgan fingerprint density at radius 1 is 1.00 bits per heavy atom. The number of hydrogen-bond donors (Lipinski definition) is 1. The van der Waals surface area contributed by atoms with Gasteiger partial charge in [0.1, 0.15) is 11.6 Å². The number of nitrogens with zero attached hydrogens (tertiary/aromatic N) is 2. The molecule has 0 amide bonds. The molecule has 130 valence electrons. The summed E-state index contributed by atoms with van der Waals surface area (Å²) < 4.78 is 20.1. The van der Waals surface area contributed by atoms with Crippen LogP contribution >= 0.6 is 0 Å². The van der Waals surface area contributed by atoms with Gasteiger partial charge in [-0.15, -0.1) is 0 Å². The van der Waals surface area contributed by atoms with Crippen LogP contribution in [0.15, 0.2) is 48.5 Å². The van der Waals surface area contributed by atoms with Gasteiger partial charge in [-0.25, -0.2) is 9.07 Å². The Bertz CT molecular complexity index is 839. The fourth-order valence-corrected chi connectivity index (χ4v) is 2.84. The molecule has 25 heavy (non-hydrogen) atoms. The molecule has 0 spiro atoms. The van der Waals surface area contributed by atoms with Crippen LogP contribution in [0, 0.1) is 19.7 Å². The van der Waals surface area contributed by atoms with E-state index in [9.17, 15) is 4.39 Å². The quantitative estimate of drug-likeness (QED) is 0.740. The standard InChI is InChI=1S/C20H22FN3O/c1-14-20(13-22-12-16-4-10-19(25-3)11-5-16)15(2)24(23-14)18-8-6-17(21)7-9-18/h4-11,22H,12-13H2,1-3H3. The van der Waals surface area contributed by atoms with Crippen LogP contribution in [0.3, 0.4) is 0 Å². The normalized spacial score (nSPS) is 10.9. The van der Waals surface area contributed by atoms with E-state index in [1.807, 2.05) is 42.8 Å². The third-order valence-electron chi connectivity index (χ3n) is 4.30. The molecule has 1 aromatic heterocycles. The highest BCUT2D eigenvalue weighted by Gasteiger charge is 2.12. The number of rotatable bonds is 6. The third-order valence-corrected chi connectivity index (χ3v) is 4.30. The van der Waals surface area contributed by atoms with Gasteiger partial charge in [-0.1, -0.05) is 12.1 Å². The average Bonchev–Trinajstić information content (AvgIpc) is 2.91. The maximum absolute atomic E-state index is 13.1. The monoisotopic (exact) mass is 339 g/mol. The van der Waals surface area contributed by atoms with Crippen LogP contribution in [0.25, 0.3) is 5.69 Å². The van der Waals surface area contributed by atoms with Gasteiger partial charge >= 0.3 is 0 Å². The molecule has 0 fully saturated rings. The summed E-state index contributed by atoms with van der Waals surface area (Å²) in [5.41, 5.74) is 5.26. The van der Waals surface area contributed by atoms with Gasteiger partial charge in [0, 0.05) is 24.3 Å². The summed E-state index contributed by atoms with van der Waals surface area (Å²) in [6.07, 6.45) is 0. The number of nitrogens with one attached hydrogen (secondary N) is 1. The Morgan fingerprint density at radius 3 is 2.32 bits per heavy atom. The minimum absolute atomic E-state index is 0.244. The van der Waals surface area contributed by atoms with E-state index in [1.165, 1.54) is 17.7 Å². The molecule has 0 saturated carbocycles. The first-order chi connectivity index (χ1) is 12.1. The summed E-state index contributed by atoms with van der Waals surface area (Å²) in [5, 5.41) is 8.05. The Morgan fingerprint density at radius 2 is 1.68 bits per heavy atom. The number of ether oxygens (including phenoxy) is 1. The molecule has 2 aromatic carbocycles. The fraction of sp³-hybridized carbons (Fsp3) is 0.250. The van der Waals surface area contributed by atoms with E-state index in [0.717, 1.165) is 41.5 Å². The number of aromatic nitrogens is 2. The van der Waals surface area contributed by atoms with Crippen LogP contribution in [0.5, 0.6) is 5.75 Å². The van der Waals surface area contributed by atoms with E-state index in [-0.39, 0.29) is 5.82 Å². The molecular weight excluding hydrogens is 317 g/mol. The summed E-state index contributed by atoms with van der Waals surface area (Å²) >= 11 is 0. The van der Waals surface area contributed by atoms with E-state index in [0.29, 0.717) is 0 Å². The van der Waals surface area contributed by atoms with Gasteiger partial charge in [-0.05, 0) is 55.8 Å². The largest absolute Gasteiger partial charge is 0.497 e. The summed E-state index contributed by atoms with van der Waals surface area (Å²) in [6.45, 7) is 5.53. The van der Waals surface area contributed by atoms with Gasteiger partial charge in [0.2, 0.25) is 0 Å². The highest BCUT2D eigenvalue weighted by Crippen LogP contribution is 2.18. The van der Waals surface area contributed by atoms with Gasteiger partial charge in [0.15, 0.2) is 0 Å². The summed E-state index contributed by atoms with van der Waals surface area (Å²) in [5.74, 6) is 0.614. The highest BCUT2D eigenvalue weighted by atomic mass is 19.1. The van der Waals surface area contributed by atoms with Crippen LogP contribution in [0.4, 0.5) is 4.39 Å². The number of benzene rings is 2. The van der Waals surface area contributed by atoms with Crippen molar-refractivity contribution in [1.29, 1.82) is 0 Å². The van der Waals surface area contributed by atoms with Crippen molar-refractivity contribution in [2.75, 3.05) is 7.11 Å². The van der Waals surface area contributed by atoms with Crippen LogP contribution < -0.4 is 10.1 Å². The zero-order valence-corrected chi connectivity index (χ0v) is 14.7. The lowest BCUT2D eigenvalue weighted by molar-refractivity contribution is 0.414. The molecule has 0 unspecified atom stereocenters. The number of hydrogen-bond acceptors (Lipinski definition) is 3. The number of aryl methyl sites for hydroxylation is 1. The van der Waals surface area contributed by atoms with Crippen molar-refractivity contribution >= 4 is 0 Å². The van der Waals surface area contributed by atoms with Crippen molar-refractivity contribution in [3.8, 4) is 11.4 Å². The molecule has 0 atom stereocenters. The zero-order valence-electron chi connectivity index (χ0n) is 14.7. The molecule has 3 aromatic rings. The number of halogens is 1. The first-order valence-electron chi connectivity index (χ1n) is 8.23. The lowest BCUT2D eigenvalue weighted by Gasteiger charge is -2.08. The van der Waals surface area contributed by atoms with Crippen molar-refractivity contribution in [2.45, 2.75) is 26.9 Å². The summed E-state index contributed by atoms with van der Waals surface area (Å²) in [6, 6.07) is 14.4. The smallest absolute Gasteiger partial charge is 0.123 e. The Balaban J connectivity index is 1.69. The maximum atomic E-state index is 13.1. The first-order valence-corrected chi connectivity index (χ1v) is 8.23. The van der Waals surface area contributed by atoms with Crippen LogP contribution in [-0.4, -0.2) is 16.9 Å². The van der Waals surface area contributed by atoms with Crippen molar-refractivity contribution in [3.63, 3.8) is 0 Å².